The van der Waals surface area contributed by atoms with Crippen LogP contribution in [0, 0.1) is 0 Å². The van der Waals surface area contributed by atoms with Crippen molar-refractivity contribution in [2.75, 3.05) is 13.7 Å². The van der Waals surface area contributed by atoms with Crippen molar-refractivity contribution in [3.63, 3.8) is 0 Å². The lowest BCUT2D eigenvalue weighted by Gasteiger charge is -2.10. The second-order valence-electron chi connectivity index (χ2n) is 8.14. The predicted molar refractivity (Wildman–Crippen MR) is 123 cm³/mol. The number of unbranched alkanes of at least 4 members (excludes halogenated alkanes) is 15. The number of methoxy groups -OCH3 is 1. The third-order valence-corrected chi connectivity index (χ3v) is 5.55. The van der Waals surface area contributed by atoms with Crippen LogP contribution in [0.3, 0.4) is 0 Å². The van der Waals surface area contributed by atoms with Crippen LogP contribution in [0.25, 0.3) is 0 Å². The molecule has 0 fully saturated rings. The van der Waals surface area contributed by atoms with Crippen LogP contribution in [-0.2, 0) is 4.74 Å². The summed E-state index contributed by atoms with van der Waals surface area (Å²) < 4.78 is 10.6. The van der Waals surface area contributed by atoms with E-state index >= 15 is 0 Å². The van der Waals surface area contributed by atoms with Gasteiger partial charge < -0.3 is 9.47 Å². The molecule has 0 atom stereocenters. The van der Waals surface area contributed by atoms with Gasteiger partial charge in [0.2, 0.25) is 0 Å². The number of rotatable bonds is 19. The van der Waals surface area contributed by atoms with Crippen LogP contribution in [-0.4, -0.2) is 19.7 Å². The van der Waals surface area contributed by atoms with Crippen LogP contribution in [0.5, 0.6) is 5.75 Å². The maximum Gasteiger partial charge on any atom is 0.341 e. The molecule has 0 bridgehead atoms. The number of hydrogen-bond acceptors (Lipinski definition) is 3. The van der Waals surface area contributed by atoms with E-state index < -0.39 is 0 Å². The fourth-order valence-electron chi connectivity index (χ4n) is 3.70. The minimum atomic E-state index is -0.340. The molecule has 0 radical (unpaired) electrons. The highest BCUT2D eigenvalue weighted by molar-refractivity contribution is 5.92. The Hall–Kier alpha value is -1.51. The molecule has 29 heavy (non-hydrogen) atoms. The van der Waals surface area contributed by atoms with Crippen molar-refractivity contribution in [3.8, 4) is 5.75 Å². The van der Waals surface area contributed by atoms with Crippen molar-refractivity contribution in [3.05, 3.63) is 29.8 Å². The average molecular weight is 405 g/mol. The molecule has 1 aromatic carbocycles. The zero-order chi connectivity index (χ0) is 21.0. The van der Waals surface area contributed by atoms with Crippen molar-refractivity contribution < 1.29 is 14.3 Å². The van der Waals surface area contributed by atoms with Gasteiger partial charge in [0, 0.05) is 0 Å². The third kappa shape index (κ3) is 13.4. The quantitative estimate of drug-likeness (QED) is 0.172. The summed E-state index contributed by atoms with van der Waals surface area (Å²) in [5.41, 5.74) is 0.506. The Morgan fingerprint density at radius 3 is 1.62 bits per heavy atom. The van der Waals surface area contributed by atoms with Crippen LogP contribution >= 0.6 is 0 Å². The number of carbonyl (C=O) groups is 1. The van der Waals surface area contributed by atoms with Crippen molar-refractivity contribution in [2.24, 2.45) is 0 Å². The van der Waals surface area contributed by atoms with E-state index in [9.17, 15) is 4.79 Å². The van der Waals surface area contributed by atoms with Gasteiger partial charge in [-0.1, -0.05) is 115 Å². The van der Waals surface area contributed by atoms with Gasteiger partial charge in [-0.15, -0.1) is 0 Å². The number of esters is 1. The molecule has 0 saturated heterocycles. The van der Waals surface area contributed by atoms with Crippen molar-refractivity contribution in [1.82, 2.24) is 0 Å². The summed E-state index contributed by atoms with van der Waals surface area (Å²) in [6, 6.07) is 7.29. The van der Waals surface area contributed by atoms with Gasteiger partial charge in [-0.2, -0.15) is 0 Å². The van der Waals surface area contributed by atoms with Crippen molar-refractivity contribution in [2.45, 2.75) is 110 Å². The third-order valence-electron chi connectivity index (χ3n) is 5.55. The second kappa shape index (κ2) is 18.5. The van der Waals surface area contributed by atoms with E-state index in [1.165, 1.54) is 103 Å². The highest BCUT2D eigenvalue weighted by Gasteiger charge is 2.11. The van der Waals surface area contributed by atoms with Gasteiger partial charge >= 0.3 is 5.97 Å². The molecule has 3 nitrogen and oxygen atoms in total. The summed E-state index contributed by atoms with van der Waals surface area (Å²) in [5.74, 6) is 0.285. The minimum Gasteiger partial charge on any atom is -0.493 e. The highest BCUT2D eigenvalue weighted by Crippen LogP contribution is 2.19. The summed E-state index contributed by atoms with van der Waals surface area (Å²) in [7, 11) is 1.40. The van der Waals surface area contributed by atoms with E-state index in [1.54, 1.807) is 6.07 Å². The number of ether oxygens (including phenoxy) is 2. The molecular weight excluding hydrogens is 360 g/mol. The lowest BCUT2D eigenvalue weighted by atomic mass is 10.0. The first-order chi connectivity index (χ1) is 14.3. The Kier molecular flexibility index (Phi) is 16.3. The molecule has 0 unspecified atom stereocenters. The van der Waals surface area contributed by atoms with Gasteiger partial charge in [0.1, 0.15) is 11.3 Å². The predicted octanol–water partition coefficient (Wildman–Crippen LogP) is 8.11. The van der Waals surface area contributed by atoms with Gasteiger partial charge in [-0.25, -0.2) is 4.79 Å². The molecule has 0 amide bonds. The molecule has 0 N–H and O–H groups in total. The summed E-state index contributed by atoms with van der Waals surface area (Å²) in [6.45, 7) is 2.94. The van der Waals surface area contributed by atoms with Crippen molar-refractivity contribution in [1.29, 1.82) is 0 Å². The number of hydrogen-bond donors (Lipinski definition) is 0. The Bertz CT molecular complexity index is 512. The number of para-hydroxylation sites is 1. The Balaban J connectivity index is 1.87. The van der Waals surface area contributed by atoms with Gasteiger partial charge in [0.15, 0.2) is 0 Å². The van der Waals surface area contributed by atoms with E-state index in [2.05, 4.69) is 6.92 Å². The molecule has 1 rings (SSSR count). The molecule has 0 aromatic heterocycles. The summed E-state index contributed by atoms with van der Waals surface area (Å²) >= 11 is 0. The number of benzene rings is 1. The lowest BCUT2D eigenvalue weighted by Crippen LogP contribution is -2.06. The van der Waals surface area contributed by atoms with Crippen LogP contribution in [0.15, 0.2) is 24.3 Å². The molecule has 166 valence electrons. The van der Waals surface area contributed by atoms with Crippen LogP contribution in [0.4, 0.5) is 0 Å². The monoisotopic (exact) mass is 404 g/mol. The van der Waals surface area contributed by atoms with Crippen LogP contribution in [0.1, 0.15) is 120 Å². The molecule has 0 aliphatic heterocycles. The molecule has 0 saturated carbocycles. The molecule has 0 aliphatic carbocycles. The molecule has 0 aliphatic rings. The number of carbonyl (C=O) groups excluding carboxylic acids is 1. The Morgan fingerprint density at radius 1 is 0.690 bits per heavy atom. The highest BCUT2D eigenvalue weighted by atomic mass is 16.5. The summed E-state index contributed by atoms with van der Waals surface area (Å²) in [5, 5.41) is 0. The van der Waals surface area contributed by atoms with Gasteiger partial charge in [0.05, 0.1) is 13.7 Å². The first-order valence-corrected chi connectivity index (χ1v) is 12.1. The average Bonchev–Trinajstić information content (AvgIpc) is 2.75. The largest absolute Gasteiger partial charge is 0.493 e. The smallest absolute Gasteiger partial charge is 0.341 e. The molecule has 0 spiro atoms. The van der Waals surface area contributed by atoms with Crippen molar-refractivity contribution >= 4 is 5.97 Å². The molecule has 0 heterocycles. The maximum atomic E-state index is 11.7. The van der Waals surface area contributed by atoms with E-state index in [0.29, 0.717) is 17.9 Å². The fourth-order valence-corrected chi connectivity index (χ4v) is 3.70. The molecular formula is C26H44O3. The Morgan fingerprint density at radius 2 is 1.14 bits per heavy atom. The molecule has 3 heteroatoms. The molecule has 1 aromatic rings. The van der Waals surface area contributed by atoms with E-state index in [0.717, 1.165) is 6.42 Å². The zero-order valence-electron chi connectivity index (χ0n) is 19.1. The van der Waals surface area contributed by atoms with Gasteiger partial charge in [-0.3, -0.25) is 0 Å². The first-order valence-electron chi connectivity index (χ1n) is 12.1. The van der Waals surface area contributed by atoms with Gasteiger partial charge in [-0.05, 0) is 18.6 Å². The fraction of sp³-hybridized carbons (Fsp3) is 0.731. The van der Waals surface area contributed by atoms with E-state index in [1.807, 2.05) is 18.2 Å². The second-order valence-corrected chi connectivity index (χ2v) is 8.14. The summed E-state index contributed by atoms with van der Waals surface area (Å²) in [6.07, 6.45) is 21.8. The SMILES string of the molecule is CCCCCCCCCCCCCCCCCCOc1ccccc1C(=O)OC. The normalized spacial score (nSPS) is 10.8. The van der Waals surface area contributed by atoms with Crippen LogP contribution in [0.2, 0.25) is 0 Å². The van der Waals surface area contributed by atoms with E-state index in [-0.39, 0.29) is 5.97 Å². The minimum absolute atomic E-state index is 0.340. The summed E-state index contributed by atoms with van der Waals surface area (Å²) in [4.78, 5) is 11.7. The first kappa shape index (κ1) is 25.5. The Labute approximate surface area is 179 Å². The standard InChI is InChI=1S/C26H44O3/c1-3-4-5-6-7-8-9-10-11-12-13-14-15-16-17-20-23-29-25-22-19-18-21-24(25)26(27)28-2/h18-19,21-22H,3-17,20,23H2,1-2H3. The van der Waals surface area contributed by atoms with E-state index in [4.69, 9.17) is 9.47 Å². The zero-order valence-corrected chi connectivity index (χ0v) is 19.1. The van der Waals surface area contributed by atoms with Gasteiger partial charge in [0.25, 0.3) is 0 Å². The van der Waals surface area contributed by atoms with Crippen LogP contribution < -0.4 is 4.74 Å². The lowest BCUT2D eigenvalue weighted by molar-refractivity contribution is 0.0596. The topological polar surface area (TPSA) is 35.5 Å². The maximum absolute atomic E-state index is 11.7.